The fourth-order valence-electron chi connectivity index (χ4n) is 3.49. The number of nitrogens with one attached hydrogen (secondary N) is 3. The molecule has 150 valence electrons. The summed E-state index contributed by atoms with van der Waals surface area (Å²) in [7, 11) is 0. The number of H-pyrrole nitrogens is 1. The number of carbonyl (C=O) groups excluding carboxylic acids is 2. The van der Waals surface area contributed by atoms with Crippen molar-refractivity contribution in [2.75, 3.05) is 5.32 Å². The Labute approximate surface area is 162 Å². The monoisotopic (exact) mass is 387 g/mol. The molecule has 4 rings (SSSR count). The third kappa shape index (κ3) is 4.52. The van der Waals surface area contributed by atoms with E-state index in [-0.39, 0.29) is 36.0 Å². The van der Waals surface area contributed by atoms with E-state index in [0.717, 1.165) is 43.5 Å². The van der Waals surface area contributed by atoms with Crippen LogP contribution in [-0.4, -0.2) is 38.8 Å². The van der Waals surface area contributed by atoms with Gasteiger partial charge in [0.15, 0.2) is 5.82 Å². The van der Waals surface area contributed by atoms with Crippen LogP contribution in [0.15, 0.2) is 16.7 Å². The fourth-order valence-corrected chi connectivity index (χ4v) is 3.49. The number of amides is 2. The lowest BCUT2D eigenvalue weighted by atomic mass is 10.0. The number of rotatable bonds is 6. The second-order valence-electron chi connectivity index (χ2n) is 8.04. The standard InChI is InChI=1S/C19H25N5O4/c1-11-10-27-17(20-11)9-16(25)21-15-8-14(23-24-15)12-3-4-13(7-12)28-18(26)22-19(2)5-6-19/h8,10,12-13H,3-7,9H2,1-2H3,(H,22,26)(H2,21,23,24,25)/t12-,13+/m0/s1. The molecule has 0 aromatic carbocycles. The molecule has 9 heteroatoms. The number of nitrogens with zero attached hydrogens (tertiary/aromatic N) is 2. The lowest BCUT2D eigenvalue weighted by Gasteiger charge is -2.16. The lowest BCUT2D eigenvalue weighted by molar-refractivity contribution is -0.115. The zero-order valence-corrected chi connectivity index (χ0v) is 16.1. The van der Waals surface area contributed by atoms with Crippen molar-refractivity contribution in [2.24, 2.45) is 0 Å². The topological polar surface area (TPSA) is 122 Å². The van der Waals surface area contributed by atoms with Gasteiger partial charge < -0.3 is 19.8 Å². The minimum atomic E-state index is -0.329. The van der Waals surface area contributed by atoms with Crippen LogP contribution >= 0.6 is 0 Å². The summed E-state index contributed by atoms with van der Waals surface area (Å²) in [6, 6.07) is 1.83. The number of anilines is 1. The molecule has 2 amide bonds. The van der Waals surface area contributed by atoms with E-state index in [9.17, 15) is 9.59 Å². The van der Waals surface area contributed by atoms with Gasteiger partial charge in [0.05, 0.1) is 5.69 Å². The van der Waals surface area contributed by atoms with Gasteiger partial charge >= 0.3 is 6.09 Å². The normalized spacial score (nSPS) is 22.6. The minimum Gasteiger partial charge on any atom is -0.448 e. The Morgan fingerprint density at radius 1 is 1.39 bits per heavy atom. The second-order valence-corrected chi connectivity index (χ2v) is 8.04. The van der Waals surface area contributed by atoms with Crippen LogP contribution in [0.3, 0.4) is 0 Å². The second kappa shape index (κ2) is 7.29. The molecule has 0 saturated heterocycles. The van der Waals surface area contributed by atoms with Crippen molar-refractivity contribution in [3.05, 3.63) is 29.6 Å². The molecule has 2 atom stereocenters. The van der Waals surface area contributed by atoms with E-state index in [2.05, 4.69) is 25.8 Å². The number of aromatic nitrogens is 3. The SMILES string of the molecule is Cc1coc(CC(=O)Nc2cc([C@H]3CC[C@@H](OC(=O)NC4(C)CC4)C3)[nH]n2)n1. The van der Waals surface area contributed by atoms with Crippen LogP contribution in [0.5, 0.6) is 0 Å². The van der Waals surface area contributed by atoms with Gasteiger partial charge in [-0.05, 0) is 46.0 Å². The van der Waals surface area contributed by atoms with Gasteiger partial charge in [-0.2, -0.15) is 5.10 Å². The highest BCUT2D eigenvalue weighted by atomic mass is 16.6. The van der Waals surface area contributed by atoms with Crippen LogP contribution in [0.4, 0.5) is 10.6 Å². The van der Waals surface area contributed by atoms with Gasteiger partial charge in [0.25, 0.3) is 0 Å². The Balaban J connectivity index is 1.26. The molecule has 2 heterocycles. The van der Waals surface area contributed by atoms with Crippen molar-refractivity contribution in [1.29, 1.82) is 0 Å². The summed E-state index contributed by atoms with van der Waals surface area (Å²) >= 11 is 0. The number of aryl methyl sites for hydroxylation is 1. The molecule has 0 radical (unpaired) electrons. The van der Waals surface area contributed by atoms with E-state index in [1.54, 1.807) is 6.92 Å². The van der Waals surface area contributed by atoms with Crippen LogP contribution in [0, 0.1) is 6.92 Å². The average Bonchev–Trinajstić information content (AvgIpc) is 3.05. The van der Waals surface area contributed by atoms with E-state index < -0.39 is 0 Å². The van der Waals surface area contributed by atoms with Crippen molar-refractivity contribution < 1.29 is 18.7 Å². The van der Waals surface area contributed by atoms with Gasteiger partial charge in [-0.25, -0.2) is 9.78 Å². The Bertz CT molecular complexity index is 869. The first-order valence-corrected chi connectivity index (χ1v) is 9.63. The zero-order chi connectivity index (χ0) is 19.7. The summed E-state index contributed by atoms with van der Waals surface area (Å²) in [5, 5.41) is 12.8. The Kier molecular flexibility index (Phi) is 4.82. The molecule has 0 unspecified atom stereocenters. The van der Waals surface area contributed by atoms with Gasteiger partial charge in [0.1, 0.15) is 18.8 Å². The predicted molar refractivity (Wildman–Crippen MR) is 99.8 cm³/mol. The average molecular weight is 387 g/mol. The Hall–Kier alpha value is -2.84. The molecule has 2 aliphatic carbocycles. The van der Waals surface area contributed by atoms with Crippen molar-refractivity contribution in [3.63, 3.8) is 0 Å². The van der Waals surface area contributed by atoms with E-state index in [1.807, 2.05) is 13.0 Å². The first-order chi connectivity index (χ1) is 13.4. The number of ether oxygens (including phenoxy) is 1. The lowest BCUT2D eigenvalue weighted by Crippen LogP contribution is -2.36. The molecule has 2 aromatic heterocycles. The summed E-state index contributed by atoms with van der Waals surface area (Å²) in [6.07, 6.45) is 5.63. The summed E-state index contributed by atoms with van der Waals surface area (Å²) in [6.45, 7) is 3.83. The highest BCUT2D eigenvalue weighted by Gasteiger charge is 2.40. The van der Waals surface area contributed by atoms with E-state index >= 15 is 0 Å². The molecule has 2 aliphatic rings. The summed E-state index contributed by atoms with van der Waals surface area (Å²) in [4.78, 5) is 28.2. The number of carbonyl (C=O) groups is 2. The molecular weight excluding hydrogens is 362 g/mol. The van der Waals surface area contributed by atoms with Crippen LogP contribution in [-0.2, 0) is 16.0 Å². The third-order valence-electron chi connectivity index (χ3n) is 5.35. The van der Waals surface area contributed by atoms with Crippen LogP contribution in [0.2, 0.25) is 0 Å². The Morgan fingerprint density at radius 2 is 2.21 bits per heavy atom. The van der Waals surface area contributed by atoms with Gasteiger partial charge in [-0.3, -0.25) is 9.89 Å². The van der Waals surface area contributed by atoms with Gasteiger partial charge in [-0.1, -0.05) is 0 Å². The molecule has 2 fully saturated rings. The van der Waals surface area contributed by atoms with Gasteiger partial charge in [0.2, 0.25) is 11.8 Å². The molecule has 28 heavy (non-hydrogen) atoms. The molecule has 0 spiro atoms. The van der Waals surface area contributed by atoms with Crippen molar-refractivity contribution >= 4 is 17.8 Å². The number of alkyl carbamates (subject to hydrolysis) is 1. The number of hydrogen-bond donors (Lipinski definition) is 3. The molecular formula is C19H25N5O4. The smallest absolute Gasteiger partial charge is 0.407 e. The predicted octanol–water partition coefficient (Wildman–Crippen LogP) is 2.80. The quantitative estimate of drug-likeness (QED) is 0.700. The highest BCUT2D eigenvalue weighted by Crippen LogP contribution is 2.37. The highest BCUT2D eigenvalue weighted by molar-refractivity contribution is 5.90. The number of aromatic amines is 1. The first-order valence-electron chi connectivity index (χ1n) is 9.63. The largest absolute Gasteiger partial charge is 0.448 e. The molecule has 9 nitrogen and oxygen atoms in total. The van der Waals surface area contributed by atoms with Crippen molar-refractivity contribution in [3.8, 4) is 0 Å². The number of hydrogen-bond acceptors (Lipinski definition) is 6. The molecule has 0 aliphatic heterocycles. The van der Waals surface area contributed by atoms with Gasteiger partial charge in [0, 0.05) is 23.2 Å². The minimum absolute atomic E-state index is 0.0589. The van der Waals surface area contributed by atoms with Crippen LogP contribution in [0.25, 0.3) is 0 Å². The van der Waals surface area contributed by atoms with E-state index in [1.165, 1.54) is 6.26 Å². The maximum absolute atomic E-state index is 12.1. The van der Waals surface area contributed by atoms with Crippen LogP contribution in [0.1, 0.15) is 62.2 Å². The summed E-state index contributed by atoms with van der Waals surface area (Å²) in [5.74, 6) is 0.826. The summed E-state index contributed by atoms with van der Waals surface area (Å²) in [5.41, 5.74) is 1.60. The molecule has 2 saturated carbocycles. The van der Waals surface area contributed by atoms with Crippen molar-refractivity contribution in [2.45, 2.75) is 69.9 Å². The van der Waals surface area contributed by atoms with E-state index in [4.69, 9.17) is 9.15 Å². The fraction of sp³-hybridized carbons (Fsp3) is 0.579. The maximum Gasteiger partial charge on any atom is 0.407 e. The van der Waals surface area contributed by atoms with Crippen molar-refractivity contribution in [1.82, 2.24) is 20.5 Å². The van der Waals surface area contributed by atoms with Crippen LogP contribution < -0.4 is 10.6 Å². The third-order valence-corrected chi connectivity index (χ3v) is 5.35. The zero-order valence-electron chi connectivity index (χ0n) is 16.1. The van der Waals surface area contributed by atoms with E-state index in [0.29, 0.717) is 11.7 Å². The first kappa shape index (κ1) is 18.5. The molecule has 3 N–H and O–H groups in total. The summed E-state index contributed by atoms with van der Waals surface area (Å²) < 4.78 is 10.7. The molecule has 0 bridgehead atoms. The molecule has 2 aromatic rings. The van der Waals surface area contributed by atoms with Gasteiger partial charge in [-0.15, -0.1) is 0 Å². The Morgan fingerprint density at radius 3 is 2.93 bits per heavy atom. The maximum atomic E-state index is 12.1. The number of oxazole rings is 1.